The number of carbonyl (C=O) groups is 2. The van der Waals surface area contributed by atoms with Crippen LogP contribution in [-0.2, 0) is 29.1 Å². The van der Waals surface area contributed by atoms with E-state index in [-0.39, 0.29) is 11.3 Å². The molecule has 0 N–H and O–H groups in total. The third-order valence-electron chi connectivity index (χ3n) is 5.15. The van der Waals surface area contributed by atoms with Crippen LogP contribution in [0.2, 0.25) is 0 Å². The predicted octanol–water partition coefficient (Wildman–Crippen LogP) is 2.46. The zero-order valence-corrected chi connectivity index (χ0v) is 17.3. The second-order valence-corrected chi connectivity index (χ2v) is 8.75. The predicted molar refractivity (Wildman–Crippen MR) is 105 cm³/mol. The summed E-state index contributed by atoms with van der Waals surface area (Å²) in [5.74, 6) is -2.13. The molecule has 1 aliphatic heterocycles. The number of benzene rings is 2. The third-order valence-corrected chi connectivity index (χ3v) is 7.06. The molecule has 1 fully saturated rings. The van der Waals surface area contributed by atoms with Crippen LogP contribution in [0.5, 0.6) is 0 Å². The lowest BCUT2D eigenvalue weighted by atomic mass is 9.93. The highest BCUT2D eigenvalue weighted by Crippen LogP contribution is 2.45. The van der Waals surface area contributed by atoms with Crippen molar-refractivity contribution in [3.05, 3.63) is 65.7 Å². The summed E-state index contributed by atoms with van der Waals surface area (Å²) in [7, 11) is -1.67. The first-order valence-corrected chi connectivity index (χ1v) is 10.6. The van der Waals surface area contributed by atoms with Gasteiger partial charge in [-0.15, -0.1) is 0 Å². The minimum atomic E-state index is -4.11. The van der Waals surface area contributed by atoms with Gasteiger partial charge in [-0.05, 0) is 31.0 Å². The molecule has 0 amide bonds. The number of aryl methyl sites for hydroxylation is 1. The van der Waals surface area contributed by atoms with Crippen molar-refractivity contribution in [2.75, 3.05) is 14.2 Å². The largest absolute Gasteiger partial charge is 0.469 e. The van der Waals surface area contributed by atoms with Crippen molar-refractivity contribution < 1.29 is 27.5 Å². The molecular formula is C21H23NO6S. The molecule has 7 nitrogen and oxygen atoms in total. The summed E-state index contributed by atoms with van der Waals surface area (Å²) >= 11 is 0. The second kappa shape index (κ2) is 8.34. The summed E-state index contributed by atoms with van der Waals surface area (Å²) in [5.41, 5.74) is 1.51. The number of carbonyl (C=O) groups excluding carboxylic acids is 2. The van der Waals surface area contributed by atoms with Crippen LogP contribution in [0.4, 0.5) is 0 Å². The van der Waals surface area contributed by atoms with Gasteiger partial charge in [0.15, 0.2) is 0 Å². The van der Waals surface area contributed by atoms with Gasteiger partial charge in [-0.1, -0.05) is 48.0 Å². The molecule has 0 radical (unpaired) electrons. The number of methoxy groups -OCH3 is 2. The lowest BCUT2D eigenvalue weighted by Gasteiger charge is -2.29. The highest BCUT2D eigenvalue weighted by Gasteiger charge is 2.54. The standard InChI is InChI=1S/C21H23NO6S/c1-14-9-11-16(12-10-14)29(25,26)22-18(21(24)28-3)13-17(20(23)27-2)19(22)15-7-5-4-6-8-15/h4-12,17-19H,13H2,1-3H3/t17-,18+,19+/m1/s1. The highest BCUT2D eigenvalue weighted by atomic mass is 32.2. The Morgan fingerprint density at radius 3 is 2.07 bits per heavy atom. The zero-order chi connectivity index (χ0) is 21.2. The summed E-state index contributed by atoms with van der Waals surface area (Å²) in [6.45, 7) is 1.85. The first-order chi connectivity index (χ1) is 13.8. The number of rotatable bonds is 5. The molecule has 29 heavy (non-hydrogen) atoms. The third kappa shape index (κ3) is 3.90. The first-order valence-electron chi connectivity index (χ1n) is 9.12. The van der Waals surface area contributed by atoms with Crippen LogP contribution in [0.15, 0.2) is 59.5 Å². The molecule has 0 aliphatic carbocycles. The van der Waals surface area contributed by atoms with E-state index in [2.05, 4.69) is 0 Å². The Morgan fingerprint density at radius 2 is 1.52 bits per heavy atom. The average Bonchev–Trinajstić information content (AvgIpc) is 3.15. The van der Waals surface area contributed by atoms with Crippen LogP contribution in [0.25, 0.3) is 0 Å². The van der Waals surface area contributed by atoms with Crippen LogP contribution < -0.4 is 0 Å². The topological polar surface area (TPSA) is 90.0 Å². The maximum atomic E-state index is 13.6. The van der Waals surface area contributed by atoms with Gasteiger partial charge in [0.2, 0.25) is 10.0 Å². The van der Waals surface area contributed by atoms with Crippen molar-refractivity contribution in [2.45, 2.75) is 30.3 Å². The molecule has 0 aromatic heterocycles. The summed E-state index contributed by atoms with van der Waals surface area (Å²) in [6.07, 6.45) is -0.0238. The van der Waals surface area contributed by atoms with Crippen LogP contribution in [0, 0.1) is 12.8 Å². The Labute approximate surface area is 170 Å². The van der Waals surface area contributed by atoms with E-state index in [0.29, 0.717) is 5.56 Å². The maximum Gasteiger partial charge on any atom is 0.324 e. The average molecular weight is 417 g/mol. The number of esters is 2. The van der Waals surface area contributed by atoms with Gasteiger partial charge in [0.25, 0.3) is 0 Å². The number of sulfonamides is 1. The number of nitrogens with zero attached hydrogens (tertiary/aromatic N) is 1. The molecule has 0 unspecified atom stereocenters. The molecule has 3 atom stereocenters. The number of ether oxygens (including phenoxy) is 2. The first kappa shape index (κ1) is 21.0. The molecule has 1 aliphatic rings. The lowest BCUT2D eigenvalue weighted by molar-refractivity contribution is -0.146. The zero-order valence-electron chi connectivity index (χ0n) is 16.4. The van der Waals surface area contributed by atoms with E-state index in [0.717, 1.165) is 9.87 Å². The summed E-state index contributed by atoms with van der Waals surface area (Å²) in [4.78, 5) is 25.1. The van der Waals surface area contributed by atoms with Crippen molar-refractivity contribution in [1.29, 1.82) is 0 Å². The normalized spacial score (nSPS) is 22.2. The Kier molecular flexibility index (Phi) is 6.04. The fourth-order valence-corrected chi connectivity index (χ4v) is 5.53. The fourth-order valence-electron chi connectivity index (χ4n) is 3.74. The van der Waals surface area contributed by atoms with Crippen LogP contribution in [0.1, 0.15) is 23.6 Å². The van der Waals surface area contributed by atoms with Crippen molar-refractivity contribution in [1.82, 2.24) is 4.31 Å². The van der Waals surface area contributed by atoms with E-state index in [1.54, 1.807) is 42.5 Å². The second-order valence-electron chi connectivity index (χ2n) is 6.91. The minimum Gasteiger partial charge on any atom is -0.469 e. The Hall–Kier alpha value is -2.71. The SMILES string of the molecule is COC(=O)[C@@H]1C[C@@H](C(=O)OC)N(S(=O)(=O)c2ccc(C)cc2)[C@H]1c1ccccc1. The molecule has 0 bridgehead atoms. The van der Waals surface area contributed by atoms with E-state index in [1.165, 1.54) is 26.4 Å². The summed E-state index contributed by atoms with van der Waals surface area (Å²) in [6, 6.07) is 13.1. The van der Waals surface area contributed by atoms with E-state index < -0.39 is 40.0 Å². The minimum absolute atomic E-state index is 0.0238. The Bertz CT molecular complexity index is 988. The maximum absolute atomic E-state index is 13.6. The fraction of sp³-hybridized carbons (Fsp3) is 0.333. The molecule has 8 heteroatoms. The molecule has 2 aromatic carbocycles. The van der Waals surface area contributed by atoms with Crippen molar-refractivity contribution in [2.24, 2.45) is 5.92 Å². The van der Waals surface area contributed by atoms with Gasteiger partial charge < -0.3 is 9.47 Å². The lowest BCUT2D eigenvalue weighted by Crippen LogP contribution is -2.42. The monoisotopic (exact) mass is 417 g/mol. The molecular weight excluding hydrogens is 394 g/mol. The van der Waals surface area contributed by atoms with Gasteiger partial charge in [0.05, 0.1) is 31.1 Å². The number of hydrogen-bond acceptors (Lipinski definition) is 6. The van der Waals surface area contributed by atoms with Crippen molar-refractivity contribution in [3.8, 4) is 0 Å². The number of hydrogen-bond donors (Lipinski definition) is 0. The molecule has 0 saturated carbocycles. The van der Waals surface area contributed by atoms with Gasteiger partial charge in [-0.25, -0.2) is 8.42 Å². The van der Waals surface area contributed by atoms with Crippen molar-refractivity contribution in [3.63, 3.8) is 0 Å². The molecule has 0 spiro atoms. The molecule has 1 saturated heterocycles. The quantitative estimate of drug-likeness (QED) is 0.695. The van der Waals surface area contributed by atoms with Gasteiger partial charge in [0.1, 0.15) is 6.04 Å². The molecule has 154 valence electrons. The van der Waals surface area contributed by atoms with Crippen molar-refractivity contribution >= 4 is 22.0 Å². The Morgan fingerprint density at radius 1 is 0.931 bits per heavy atom. The van der Waals surface area contributed by atoms with E-state index >= 15 is 0 Å². The highest BCUT2D eigenvalue weighted by molar-refractivity contribution is 7.89. The van der Waals surface area contributed by atoms with Gasteiger partial charge in [0, 0.05) is 0 Å². The Balaban J connectivity index is 2.19. The smallest absolute Gasteiger partial charge is 0.324 e. The molecule has 2 aromatic rings. The van der Waals surface area contributed by atoms with Crippen LogP contribution in [0.3, 0.4) is 0 Å². The van der Waals surface area contributed by atoms with Gasteiger partial charge in [-0.2, -0.15) is 4.31 Å². The molecule has 3 rings (SSSR count). The summed E-state index contributed by atoms with van der Waals surface area (Å²) in [5, 5.41) is 0. The molecule has 1 heterocycles. The summed E-state index contributed by atoms with van der Waals surface area (Å²) < 4.78 is 38.0. The van der Waals surface area contributed by atoms with Crippen LogP contribution >= 0.6 is 0 Å². The van der Waals surface area contributed by atoms with Gasteiger partial charge in [-0.3, -0.25) is 9.59 Å². The van der Waals surface area contributed by atoms with Gasteiger partial charge >= 0.3 is 11.9 Å². The van der Waals surface area contributed by atoms with E-state index in [1.807, 2.05) is 6.92 Å². The van der Waals surface area contributed by atoms with Crippen LogP contribution in [-0.4, -0.2) is 44.9 Å². The van der Waals surface area contributed by atoms with E-state index in [4.69, 9.17) is 9.47 Å². The van der Waals surface area contributed by atoms with E-state index in [9.17, 15) is 18.0 Å².